The Morgan fingerprint density at radius 2 is 2.00 bits per heavy atom. The van der Waals surface area contributed by atoms with Gasteiger partial charge in [0.05, 0.1) is 6.42 Å². The fraction of sp³-hybridized carbons (Fsp3) is 0.900. The lowest BCUT2D eigenvalue weighted by molar-refractivity contribution is -0.137. The molecule has 0 amide bonds. The molecule has 0 aromatic rings. The number of carbonyl (C=O) groups is 1. The van der Waals surface area contributed by atoms with Crippen LogP contribution in [0.15, 0.2) is 0 Å². The summed E-state index contributed by atoms with van der Waals surface area (Å²) in [6.07, 6.45) is 7.43. The van der Waals surface area contributed by atoms with Crippen LogP contribution in [0.25, 0.3) is 0 Å². The van der Waals surface area contributed by atoms with E-state index >= 15 is 0 Å². The van der Waals surface area contributed by atoms with E-state index in [1.807, 2.05) is 0 Å². The van der Waals surface area contributed by atoms with Gasteiger partial charge in [0.15, 0.2) is 0 Å². The van der Waals surface area contributed by atoms with Crippen molar-refractivity contribution < 1.29 is 9.90 Å². The van der Waals surface area contributed by atoms with Crippen molar-refractivity contribution >= 4 is 5.97 Å². The van der Waals surface area contributed by atoms with Crippen LogP contribution in [0.5, 0.6) is 0 Å². The van der Waals surface area contributed by atoms with Gasteiger partial charge < -0.3 is 10.8 Å². The van der Waals surface area contributed by atoms with Crippen molar-refractivity contribution in [2.45, 2.75) is 51.0 Å². The second kappa shape index (κ2) is 5.22. The molecule has 0 aromatic heterocycles. The normalized spacial score (nSPS) is 21.3. The van der Waals surface area contributed by atoms with Crippen LogP contribution >= 0.6 is 0 Å². The number of aliphatic carboxylic acids is 1. The van der Waals surface area contributed by atoms with Crippen molar-refractivity contribution in [1.82, 2.24) is 0 Å². The van der Waals surface area contributed by atoms with Crippen LogP contribution in [0.3, 0.4) is 0 Å². The van der Waals surface area contributed by atoms with E-state index in [2.05, 4.69) is 0 Å². The van der Waals surface area contributed by atoms with E-state index in [-0.39, 0.29) is 12.5 Å². The van der Waals surface area contributed by atoms with Gasteiger partial charge in [-0.3, -0.25) is 4.79 Å². The Balaban J connectivity index is 2.18. The van der Waals surface area contributed by atoms with Gasteiger partial charge in [-0.1, -0.05) is 32.1 Å². The Morgan fingerprint density at radius 1 is 1.38 bits per heavy atom. The van der Waals surface area contributed by atoms with Crippen molar-refractivity contribution in [1.29, 1.82) is 0 Å². The zero-order valence-electron chi connectivity index (χ0n) is 8.04. The summed E-state index contributed by atoms with van der Waals surface area (Å²) in [4.78, 5) is 10.4. The molecule has 0 heterocycles. The smallest absolute Gasteiger partial charge is 0.304 e. The minimum absolute atomic E-state index is 0.122. The fourth-order valence-corrected chi connectivity index (χ4v) is 2.16. The molecule has 1 unspecified atom stereocenters. The molecule has 0 saturated heterocycles. The van der Waals surface area contributed by atoms with E-state index in [1.54, 1.807) is 0 Å². The number of rotatable bonds is 4. The Hall–Kier alpha value is -0.570. The first-order valence-electron chi connectivity index (χ1n) is 5.16. The molecular formula is C10H19NO2. The van der Waals surface area contributed by atoms with Crippen LogP contribution in [0.2, 0.25) is 0 Å². The molecule has 13 heavy (non-hydrogen) atoms. The predicted molar refractivity (Wildman–Crippen MR) is 51.4 cm³/mol. The number of carboxylic acid groups (broad SMARTS) is 1. The van der Waals surface area contributed by atoms with E-state index < -0.39 is 5.97 Å². The highest BCUT2D eigenvalue weighted by Crippen LogP contribution is 2.27. The molecule has 0 radical (unpaired) electrons. The average Bonchev–Trinajstić information content (AvgIpc) is 2.04. The van der Waals surface area contributed by atoms with Gasteiger partial charge in [-0.25, -0.2) is 0 Å². The molecule has 0 bridgehead atoms. The summed E-state index contributed by atoms with van der Waals surface area (Å²) in [7, 11) is 0. The molecule has 1 atom stereocenters. The van der Waals surface area contributed by atoms with Crippen molar-refractivity contribution in [3.8, 4) is 0 Å². The first-order chi connectivity index (χ1) is 6.18. The van der Waals surface area contributed by atoms with Crippen LogP contribution in [0.1, 0.15) is 44.9 Å². The number of hydrogen-bond donors (Lipinski definition) is 2. The van der Waals surface area contributed by atoms with E-state index in [0.717, 1.165) is 6.42 Å². The van der Waals surface area contributed by atoms with Gasteiger partial charge >= 0.3 is 5.97 Å². The average molecular weight is 185 g/mol. The maximum absolute atomic E-state index is 10.4. The van der Waals surface area contributed by atoms with E-state index in [4.69, 9.17) is 10.8 Å². The van der Waals surface area contributed by atoms with E-state index in [9.17, 15) is 4.79 Å². The molecule has 76 valence electrons. The number of nitrogens with two attached hydrogens (primary N) is 1. The first kappa shape index (κ1) is 10.5. The van der Waals surface area contributed by atoms with Crippen LogP contribution in [0.4, 0.5) is 0 Å². The molecule has 3 N–H and O–H groups in total. The number of hydrogen-bond acceptors (Lipinski definition) is 2. The SMILES string of the molecule is NC(CC(=O)O)CC1CCCCC1. The highest BCUT2D eigenvalue weighted by atomic mass is 16.4. The molecule has 3 heteroatoms. The molecule has 0 spiro atoms. The minimum Gasteiger partial charge on any atom is -0.481 e. The van der Waals surface area contributed by atoms with Crippen LogP contribution in [-0.2, 0) is 4.79 Å². The molecule has 1 aliphatic rings. The van der Waals surface area contributed by atoms with Crippen LogP contribution in [-0.4, -0.2) is 17.1 Å². The molecule has 3 nitrogen and oxygen atoms in total. The Kier molecular flexibility index (Phi) is 4.22. The van der Waals surface area contributed by atoms with Crippen molar-refractivity contribution in [2.75, 3.05) is 0 Å². The predicted octanol–water partition coefficient (Wildman–Crippen LogP) is 1.76. The molecule has 0 aliphatic heterocycles. The highest BCUT2D eigenvalue weighted by Gasteiger charge is 2.17. The summed E-state index contributed by atoms with van der Waals surface area (Å²) in [6, 6.07) is -0.138. The Morgan fingerprint density at radius 3 is 2.54 bits per heavy atom. The van der Waals surface area contributed by atoms with Crippen LogP contribution < -0.4 is 5.73 Å². The molecule has 0 aromatic carbocycles. The second-order valence-corrected chi connectivity index (χ2v) is 4.10. The van der Waals surface area contributed by atoms with Gasteiger partial charge in [0.2, 0.25) is 0 Å². The quantitative estimate of drug-likeness (QED) is 0.701. The summed E-state index contributed by atoms with van der Waals surface area (Å²) in [5.74, 6) is -0.0913. The van der Waals surface area contributed by atoms with Crippen molar-refractivity contribution in [3.63, 3.8) is 0 Å². The zero-order chi connectivity index (χ0) is 9.68. The Bertz CT molecular complexity index is 164. The Labute approximate surface area is 79.3 Å². The monoisotopic (exact) mass is 185 g/mol. The van der Waals surface area contributed by atoms with Gasteiger partial charge in [-0.15, -0.1) is 0 Å². The third kappa shape index (κ3) is 4.27. The highest BCUT2D eigenvalue weighted by molar-refractivity contribution is 5.67. The molecule has 1 aliphatic carbocycles. The standard InChI is InChI=1S/C10H19NO2/c11-9(7-10(12)13)6-8-4-2-1-3-5-8/h8-9H,1-7,11H2,(H,12,13). The summed E-state index contributed by atoms with van der Waals surface area (Å²) >= 11 is 0. The number of carboxylic acids is 1. The molecule has 1 saturated carbocycles. The molecule has 1 rings (SSSR count). The maximum Gasteiger partial charge on any atom is 0.304 e. The van der Waals surface area contributed by atoms with Crippen molar-refractivity contribution in [2.24, 2.45) is 11.7 Å². The zero-order valence-corrected chi connectivity index (χ0v) is 8.04. The van der Waals surface area contributed by atoms with Crippen molar-refractivity contribution in [3.05, 3.63) is 0 Å². The van der Waals surface area contributed by atoms with E-state index in [0.29, 0.717) is 5.92 Å². The summed E-state index contributed by atoms with van der Waals surface area (Å²) in [6.45, 7) is 0. The van der Waals surface area contributed by atoms with E-state index in [1.165, 1.54) is 32.1 Å². The van der Waals surface area contributed by atoms with Gasteiger partial charge in [-0.2, -0.15) is 0 Å². The summed E-state index contributed by atoms with van der Waals surface area (Å²) < 4.78 is 0. The molecule has 1 fully saturated rings. The lowest BCUT2D eigenvalue weighted by Crippen LogP contribution is -2.27. The summed E-state index contributed by atoms with van der Waals surface area (Å²) in [5.41, 5.74) is 5.72. The third-order valence-corrected chi connectivity index (χ3v) is 2.80. The third-order valence-electron chi connectivity index (χ3n) is 2.80. The van der Waals surface area contributed by atoms with Gasteiger partial charge in [0.1, 0.15) is 0 Å². The van der Waals surface area contributed by atoms with Gasteiger partial charge in [-0.05, 0) is 12.3 Å². The first-order valence-corrected chi connectivity index (χ1v) is 5.16. The maximum atomic E-state index is 10.4. The van der Waals surface area contributed by atoms with Crippen LogP contribution in [0, 0.1) is 5.92 Å². The molecular weight excluding hydrogens is 166 g/mol. The minimum atomic E-state index is -0.775. The second-order valence-electron chi connectivity index (χ2n) is 4.10. The van der Waals surface area contributed by atoms with Gasteiger partial charge in [0.25, 0.3) is 0 Å². The van der Waals surface area contributed by atoms with Gasteiger partial charge in [0, 0.05) is 6.04 Å². The summed E-state index contributed by atoms with van der Waals surface area (Å²) in [5, 5.41) is 8.53. The lowest BCUT2D eigenvalue weighted by atomic mass is 9.84. The lowest BCUT2D eigenvalue weighted by Gasteiger charge is -2.23. The fourth-order valence-electron chi connectivity index (χ4n) is 2.16. The largest absolute Gasteiger partial charge is 0.481 e. The topological polar surface area (TPSA) is 63.3 Å².